The second kappa shape index (κ2) is 11.3. The van der Waals surface area contributed by atoms with Crippen LogP contribution in [0.25, 0.3) is 22.0 Å². The molecule has 1 aliphatic rings. The zero-order valence-electron chi connectivity index (χ0n) is 23.2. The normalized spacial score (nSPS) is 13.7. The Kier molecular flexibility index (Phi) is 7.65. The van der Waals surface area contributed by atoms with Crippen LogP contribution in [0, 0.1) is 10.1 Å². The molecule has 5 rings (SSSR count). The van der Waals surface area contributed by atoms with Gasteiger partial charge < -0.3 is 24.7 Å². The Morgan fingerprint density at radius 3 is 2.34 bits per heavy atom. The molecule has 41 heavy (non-hydrogen) atoms. The average molecular weight is 554 g/mol. The van der Waals surface area contributed by atoms with Crippen LogP contribution in [-0.4, -0.2) is 63.4 Å². The molecule has 0 aliphatic carbocycles. The molecule has 0 saturated carbocycles. The number of pyridine rings is 2. The zero-order chi connectivity index (χ0) is 29.1. The molecule has 3 heterocycles. The molecule has 10 nitrogen and oxygen atoms in total. The molecule has 2 aromatic heterocycles. The van der Waals surface area contributed by atoms with Crippen molar-refractivity contribution >= 4 is 34.3 Å². The minimum absolute atomic E-state index is 0.169. The van der Waals surface area contributed by atoms with Gasteiger partial charge in [-0.25, -0.2) is 4.79 Å². The molecule has 4 aromatic rings. The fourth-order valence-electron chi connectivity index (χ4n) is 4.79. The number of aromatic nitrogens is 2. The zero-order valence-corrected chi connectivity index (χ0v) is 23.2. The lowest BCUT2D eigenvalue weighted by molar-refractivity contribution is -0.390. The van der Waals surface area contributed by atoms with Crippen LogP contribution < -0.4 is 4.90 Å². The molecule has 1 saturated heterocycles. The lowest BCUT2D eigenvalue weighted by Gasteiger charge is -2.36. The number of ether oxygens (including phenoxy) is 1. The molecule has 2 aromatic carbocycles. The molecular weight excluding hydrogens is 522 g/mol. The first-order valence-corrected chi connectivity index (χ1v) is 13.4. The van der Waals surface area contributed by atoms with E-state index in [4.69, 9.17) is 4.74 Å². The van der Waals surface area contributed by atoms with Crippen LogP contribution in [0.1, 0.15) is 36.7 Å². The van der Waals surface area contributed by atoms with Gasteiger partial charge in [0.1, 0.15) is 11.8 Å². The van der Waals surface area contributed by atoms with Crippen LogP contribution >= 0.6 is 0 Å². The van der Waals surface area contributed by atoms with E-state index in [9.17, 15) is 19.7 Å². The number of fused-ring (bicyclic) bond motifs is 1. The highest BCUT2D eigenvalue weighted by atomic mass is 16.6. The number of nitrogens with zero attached hydrogens (tertiary/aromatic N) is 5. The standard InChI is InChI=1S/C31H31N5O5/c1-31(2,3)41-30(38)35-13-11-34(12-14-35)26-10-9-22-15-25(20-32-27(22)18-26)28(37)17-23-16-24(19-33-29(23)36(39)40)21-7-5-4-6-8-21/h4-10,15-16,18-20H,11-14,17H2,1-3H3. The molecular formula is C31H31N5O5. The maximum absolute atomic E-state index is 13.2. The van der Waals surface area contributed by atoms with Crippen molar-refractivity contribution in [3.63, 3.8) is 0 Å². The van der Waals surface area contributed by atoms with Gasteiger partial charge in [0, 0.05) is 61.0 Å². The predicted molar refractivity (Wildman–Crippen MR) is 156 cm³/mol. The Bertz CT molecular complexity index is 1610. The number of nitro groups is 1. The highest BCUT2D eigenvalue weighted by Crippen LogP contribution is 2.27. The smallest absolute Gasteiger partial charge is 0.410 e. The summed E-state index contributed by atoms with van der Waals surface area (Å²) in [5, 5.41) is 12.4. The summed E-state index contributed by atoms with van der Waals surface area (Å²) in [6.07, 6.45) is 2.49. The van der Waals surface area contributed by atoms with Gasteiger partial charge >= 0.3 is 11.9 Å². The van der Waals surface area contributed by atoms with Crippen LogP contribution in [0.15, 0.2) is 73.1 Å². The fraction of sp³-hybridized carbons (Fsp3) is 0.290. The van der Waals surface area contributed by atoms with E-state index >= 15 is 0 Å². The topological polar surface area (TPSA) is 119 Å². The van der Waals surface area contributed by atoms with Gasteiger partial charge in [-0.3, -0.25) is 9.78 Å². The molecule has 210 valence electrons. The van der Waals surface area contributed by atoms with Gasteiger partial charge in [0.25, 0.3) is 0 Å². The lowest BCUT2D eigenvalue weighted by atomic mass is 10.00. The van der Waals surface area contributed by atoms with E-state index in [0.717, 1.165) is 22.2 Å². The molecule has 0 bridgehead atoms. The summed E-state index contributed by atoms with van der Waals surface area (Å²) in [6, 6.07) is 18.7. The van der Waals surface area contributed by atoms with Gasteiger partial charge in [-0.1, -0.05) is 36.4 Å². The fourth-order valence-corrected chi connectivity index (χ4v) is 4.79. The Morgan fingerprint density at radius 1 is 0.927 bits per heavy atom. The molecule has 0 radical (unpaired) electrons. The highest BCUT2D eigenvalue weighted by molar-refractivity contribution is 6.00. The van der Waals surface area contributed by atoms with Crippen LogP contribution in [0.4, 0.5) is 16.3 Å². The third-order valence-electron chi connectivity index (χ3n) is 6.86. The summed E-state index contributed by atoms with van der Waals surface area (Å²) in [6.45, 7) is 8.00. The number of carbonyl (C=O) groups is 2. The van der Waals surface area contributed by atoms with Gasteiger partial charge in [0.15, 0.2) is 5.78 Å². The van der Waals surface area contributed by atoms with Crippen molar-refractivity contribution in [1.29, 1.82) is 0 Å². The monoisotopic (exact) mass is 553 g/mol. The Morgan fingerprint density at radius 2 is 1.66 bits per heavy atom. The summed E-state index contributed by atoms with van der Waals surface area (Å²) in [5.74, 6) is -0.611. The van der Waals surface area contributed by atoms with Crippen molar-refractivity contribution in [1.82, 2.24) is 14.9 Å². The summed E-state index contributed by atoms with van der Waals surface area (Å²) in [5.41, 5.74) is 3.36. The van der Waals surface area contributed by atoms with Gasteiger partial charge in [-0.15, -0.1) is 0 Å². The Hall–Kier alpha value is -4.86. The van der Waals surface area contributed by atoms with E-state index in [1.165, 1.54) is 12.4 Å². The van der Waals surface area contributed by atoms with E-state index in [2.05, 4.69) is 14.9 Å². The lowest BCUT2D eigenvalue weighted by Crippen LogP contribution is -2.50. The number of Topliss-reactive ketones (excluding diaryl/α,β-unsaturated/α-hetero) is 1. The molecule has 1 aliphatic heterocycles. The van der Waals surface area contributed by atoms with Gasteiger partial charge in [0.2, 0.25) is 0 Å². The van der Waals surface area contributed by atoms with Gasteiger partial charge in [0.05, 0.1) is 11.1 Å². The molecule has 0 N–H and O–H groups in total. The second-order valence-corrected chi connectivity index (χ2v) is 11.0. The van der Waals surface area contributed by atoms with E-state index < -0.39 is 10.5 Å². The summed E-state index contributed by atoms with van der Waals surface area (Å²) < 4.78 is 5.48. The quantitative estimate of drug-likeness (QED) is 0.170. The minimum Gasteiger partial charge on any atom is -0.444 e. The first kappa shape index (κ1) is 27.7. The average Bonchev–Trinajstić information content (AvgIpc) is 2.96. The number of rotatable bonds is 6. The second-order valence-electron chi connectivity index (χ2n) is 11.0. The van der Waals surface area contributed by atoms with Crippen LogP contribution in [0.3, 0.4) is 0 Å². The van der Waals surface area contributed by atoms with Crippen molar-refractivity contribution in [3.8, 4) is 11.1 Å². The van der Waals surface area contributed by atoms with E-state index in [1.54, 1.807) is 17.0 Å². The number of anilines is 1. The summed E-state index contributed by atoms with van der Waals surface area (Å²) >= 11 is 0. The van der Waals surface area contributed by atoms with Crippen LogP contribution in [0.5, 0.6) is 0 Å². The first-order chi connectivity index (χ1) is 19.6. The third kappa shape index (κ3) is 6.49. The van der Waals surface area contributed by atoms with E-state index in [1.807, 2.05) is 69.3 Å². The van der Waals surface area contributed by atoms with Crippen molar-refractivity contribution in [2.75, 3.05) is 31.1 Å². The molecule has 1 fully saturated rings. The SMILES string of the molecule is CC(C)(C)OC(=O)N1CCN(c2ccc3cc(C(=O)Cc4cc(-c5ccccc5)cnc4[N+](=O)[O-])cnc3c2)CC1. The van der Waals surface area contributed by atoms with E-state index in [0.29, 0.717) is 37.3 Å². The number of carbonyl (C=O) groups excluding carboxylic acids is 2. The van der Waals surface area contributed by atoms with Crippen molar-refractivity contribution in [3.05, 3.63) is 94.3 Å². The molecule has 0 spiro atoms. The van der Waals surface area contributed by atoms with E-state index in [-0.39, 0.29) is 29.7 Å². The minimum atomic E-state index is -0.565. The maximum Gasteiger partial charge on any atom is 0.410 e. The molecule has 0 unspecified atom stereocenters. The van der Waals surface area contributed by atoms with Crippen molar-refractivity contribution < 1.29 is 19.2 Å². The highest BCUT2D eigenvalue weighted by Gasteiger charge is 2.26. The Labute approximate surface area is 237 Å². The van der Waals surface area contributed by atoms with Crippen molar-refractivity contribution in [2.24, 2.45) is 0 Å². The summed E-state index contributed by atoms with van der Waals surface area (Å²) in [7, 11) is 0. The molecule has 0 atom stereocenters. The summed E-state index contributed by atoms with van der Waals surface area (Å²) in [4.78, 5) is 49.1. The molecule has 1 amide bonds. The maximum atomic E-state index is 13.2. The largest absolute Gasteiger partial charge is 0.444 e. The van der Waals surface area contributed by atoms with Gasteiger partial charge in [-0.05, 0) is 60.5 Å². The third-order valence-corrected chi connectivity index (χ3v) is 6.86. The van der Waals surface area contributed by atoms with Crippen LogP contribution in [0.2, 0.25) is 0 Å². The number of ketones is 1. The first-order valence-electron chi connectivity index (χ1n) is 13.4. The predicted octanol–water partition coefficient (Wildman–Crippen LogP) is 5.69. The van der Waals surface area contributed by atoms with Crippen LogP contribution in [-0.2, 0) is 11.2 Å². The number of hydrogen-bond donors (Lipinski definition) is 0. The van der Waals surface area contributed by atoms with Gasteiger partial charge in [-0.2, -0.15) is 0 Å². The Balaban J connectivity index is 1.30. The number of amides is 1. The number of benzene rings is 2. The van der Waals surface area contributed by atoms with Crippen molar-refractivity contribution in [2.45, 2.75) is 32.8 Å². The number of piperazine rings is 1. The number of hydrogen-bond acceptors (Lipinski definition) is 8. The molecule has 10 heteroatoms.